The Labute approximate surface area is 78.4 Å². The maximum Gasteiger partial charge on any atom is 0.307 e. The summed E-state index contributed by atoms with van der Waals surface area (Å²) in [4.78, 5) is 10.7. The molecule has 2 unspecified atom stereocenters. The van der Waals surface area contributed by atoms with Gasteiger partial charge in [-0.05, 0) is 5.41 Å². The van der Waals surface area contributed by atoms with Crippen LogP contribution in [0.2, 0.25) is 0 Å². The highest BCUT2D eigenvalue weighted by Gasteiger charge is 2.61. The molecular formula is C10H16O3. The molecule has 0 aromatic heterocycles. The second-order valence-corrected chi connectivity index (χ2v) is 4.07. The Balaban J connectivity index is 2.37. The van der Waals surface area contributed by atoms with Crippen LogP contribution in [0, 0.1) is 17.3 Å². The van der Waals surface area contributed by atoms with E-state index >= 15 is 0 Å². The monoisotopic (exact) mass is 184 g/mol. The number of rotatable bonds is 5. The summed E-state index contributed by atoms with van der Waals surface area (Å²) in [6.07, 6.45) is 1.67. The van der Waals surface area contributed by atoms with Gasteiger partial charge in [-0.2, -0.15) is 0 Å². The van der Waals surface area contributed by atoms with Crippen LogP contribution < -0.4 is 0 Å². The third-order valence-electron chi connectivity index (χ3n) is 2.85. The highest BCUT2D eigenvalue weighted by molar-refractivity contribution is 5.75. The van der Waals surface area contributed by atoms with Crippen molar-refractivity contribution < 1.29 is 14.6 Å². The summed E-state index contributed by atoms with van der Waals surface area (Å²) < 4.78 is 5.24. The van der Waals surface area contributed by atoms with Crippen LogP contribution >= 0.6 is 0 Å². The predicted molar refractivity (Wildman–Crippen MR) is 49.4 cm³/mol. The zero-order valence-corrected chi connectivity index (χ0v) is 8.12. The van der Waals surface area contributed by atoms with Gasteiger partial charge in [-0.1, -0.05) is 19.9 Å². The molecule has 1 saturated carbocycles. The summed E-state index contributed by atoms with van der Waals surface area (Å²) >= 11 is 0. The molecule has 0 radical (unpaired) electrons. The number of carboxylic acids is 1. The van der Waals surface area contributed by atoms with Crippen LogP contribution in [-0.4, -0.2) is 24.3 Å². The number of hydrogen-bond donors (Lipinski definition) is 1. The first-order valence-corrected chi connectivity index (χ1v) is 4.43. The first-order valence-electron chi connectivity index (χ1n) is 4.43. The fraction of sp³-hybridized carbons (Fsp3) is 0.700. The highest BCUT2D eigenvalue weighted by atomic mass is 16.5. The lowest BCUT2D eigenvalue weighted by Crippen LogP contribution is -2.04. The summed E-state index contributed by atoms with van der Waals surface area (Å²) in [6.45, 7) is 8.48. The number of carbonyl (C=O) groups is 1. The van der Waals surface area contributed by atoms with E-state index in [0.29, 0.717) is 13.2 Å². The minimum atomic E-state index is -0.711. The van der Waals surface area contributed by atoms with Gasteiger partial charge < -0.3 is 9.84 Å². The number of hydrogen-bond acceptors (Lipinski definition) is 2. The Morgan fingerprint density at radius 3 is 2.69 bits per heavy atom. The molecule has 74 valence electrons. The zero-order chi connectivity index (χ0) is 10.1. The standard InChI is InChI=1S/C10H16O3/c1-4-5-13-6-7-8(9(11)12)10(7,2)3/h4,7-8H,1,5-6H2,2-3H3,(H,11,12). The van der Waals surface area contributed by atoms with E-state index in [1.165, 1.54) is 0 Å². The van der Waals surface area contributed by atoms with Crippen LogP contribution in [0.1, 0.15) is 13.8 Å². The molecule has 1 fully saturated rings. The Bertz CT molecular complexity index is 220. The minimum Gasteiger partial charge on any atom is -0.481 e. The molecule has 0 amide bonds. The molecule has 1 rings (SSSR count). The first kappa shape index (κ1) is 10.3. The Kier molecular flexibility index (Phi) is 2.76. The zero-order valence-electron chi connectivity index (χ0n) is 8.12. The van der Waals surface area contributed by atoms with Gasteiger partial charge in [-0.25, -0.2) is 0 Å². The molecule has 0 spiro atoms. The van der Waals surface area contributed by atoms with Crippen LogP contribution in [0.5, 0.6) is 0 Å². The Hall–Kier alpha value is -0.830. The van der Waals surface area contributed by atoms with E-state index in [1.54, 1.807) is 6.08 Å². The molecule has 3 nitrogen and oxygen atoms in total. The van der Waals surface area contributed by atoms with Crippen LogP contribution in [0.15, 0.2) is 12.7 Å². The van der Waals surface area contributed by atoms with E-state index in [2.05, 4.69) is 6.58 Å². The van der Waals surface area contributed by atoms with Crippen LogP contribution in [0.25, 0.3) is 0 Å². The average Bonchev–Trinajstić information content (AvgIpc) is 2.54. The first-order chi connectivity index (χ1) is 6.01. The van der Waals surface area contributed by atoms with Crippen molar-refractivity contribution >= 4 is 5.97 Å². The molecule has 0 aromatic rings. The summed E-state index contributed by atoms with van der Waals surface area (Å²) in [6, 6.07) is 0. The lowest BCUT2D eigenvalue weighted by molar-refractivity contribution is -0.139. The quantitative estimate of drug-likeness (QED) is 0.521. The van der Waals surface area contributed by atoms with E-state index in [0.717, 1.165) is 0 Å². The molecule has 1 aliphatic rings. The molecular weight excluding hydrogens is 168 g/mol. The molecule has 13 heavy (non-hydrogen) atoms. The summed E-state index contributed by atoms with van der Waals surface area (Å²) in [5, 5.41) is 8.84. The molecule has 3 heteroatoms. The molecule has 0 bridgehead atoms. The highest BCUT2D eigenvalue weighted by Crippen LogP contribution is 2.58. The predicted octanol–water partition coefficient (Wildman–Crippen LogP) is 1.55. The molecule has 1 N–H and O–H groups in total. The van der Waals surface area contributed by atoms with Crippen molar-refractivity contribution in [2.24, 2.45) is 17.3 Å². The maximum absolute atomic E-state index is 10.7. The van der Waals surface area contributed by atoms with Gasteiger partial charge in [0, 0.05) is 5.92 Å². The van der Waals surface area contributed by atoms with Crippen molar-refractivity contribution in [1.82, 2.24) is 0 Å². The van der Waals surface area contributed by atoms with Gasteiger partial charge in [0.25, 0.3) is 0 Å². The molecule has 0 saturated heterocycles. The second-order valence-electron chi connectivity index (χ2n) is 4.07. The Morgan fingerprint density at radius 2 is 2.31 bits per heavy atom. The van der Waals surface area contributed by atoms with Crippen LogP contribution in [0.3, 0.4) is 0 Å². The summed E-state index contributed by atoms with van der Waals surface area (Å²) in [5.41, 5.74) is -0.104. The van der Waals surface area contributed by atoms with E-state index < -0.39 is 5.97 Å². The molecule has 2 atom stereocenters. The van der Waals surface area contributed by atoms with E-state index in [9.17, 15) is 4.79 Å². The SMILES string of the molecule is C=CCOCC1C(C(=O)O)C1(C)C. The number of aliphatic carboxylic acids is 1. The lowest BCUT2D eigenvalue weighted by atomic mass is 10.1. The topological polar surface area (TPSA) is 46.5 Å². The smallest absolute Gasteiger partial charge is 0.307 e. The van der Waals surface area contributed by atoms with Crippen molar-refractivity contribution in [1.29, 1.82) is 0 Å². The van der Waals surface area contributed by atoms with Crippen molar-refractivity contribution in [3.05, 3.63) is 12.7 Å². The second kappa shape index (κ2) is 3.50. The van der Waals surface area contributed by atoms with Crippen LogP contribution in [-0.2, 0) is 9.53 Å². The summed E-state index contributed by atoms with van der Waals surface area (Å²) in [5.74, 6) is -0.792. The van der Waals surface area contributed by atoms with E-state index in [1.807, 2.05) is 13.8 Å². The van der Waals surface area contributed by atoms with Gasteiger partial charge in [-0.15, -0.1) is 6.58 Å². The average molecular weight is 184 g/mol. The van der Waals surface area contributed by atoms with Gasteiger partial charge in [-0.3, -0.25) is 4.79 Å². The van der Waals surface area contributed by atoms with Crippen molar-refractivity contribution in [3.8, 4) is 0 Å². The fourth-order valence-corrected chi connectivity index (χ4v) is 1.82. The lowest BCUT2D eigenvalue weighted by Gasteiger charge is -2.01. The van der Waals surface area contributed by atoms with Gasteiger partial charge in [0.1, 0.15) is 0 Å². The largest absolute Gasteiger partial charge is 0.481 e. The van der Waals surface area contributed by atoms with Gasteiger partial charge in [0.05, 0.1) is 19.1 Å². The fourth-order valence-electron chi connectivity index (χ4n) is 1.82. The third kappa shape index (κ3) is 1.91. The minimum absolute atomic E-state index is 0.104. The van der Waals surface area contributed by atoms with Gasteiger partial charge >= 0.3 is 5.97 Å². The van der Waals surface area contributed by atoms with Gasteiger partial charge in [0.2, 0.25) is 0 Å². The van der Waals surface area contributed by atoms with Crippen molar-refractivity contribution in [2.75, 3.05) is 13.2 Å². The molecule has 0 aromatic carbocycles. The summed E-state index contributed by atoms with van der Waals surface area (Å²) in [7, 11) is 0. The van der Waals surface area contributed by atoms with E-state index in [4.69, 9.17) is 9.84 Å². The van der Waals surface area contributed by atoms with Crippen molar-refractivity contribution in [3.63, 3.8) is 0 Å². The van der Waals surface area contributed by atoms with E-state index in [-0.39, 0.29) is 17.3 Å². The molecule has 0 heterocycles. The number of carboxylic acid groups (broad SMARTS) is 1. The maximum atomic E-state index is 10.7. The molecule has 1 aliphatic carbocycles. The molecule has 0 aliphatic heterocycles. The van der Waals surface area contributed by atoms with Crippen molar-refractivity contribution in [2.45, 2.75) is 13.8 Å². The van der Waals surface area contributed by atoms with Gasteiger partial charge in [0.15, 0.2) is 0 Å². The number of ether oxygens (including phenoxy) is 1. The normalized spacial score (nSPS) is 29.7. The third-order valence-corrected chi connectivity index (χ3v) is 2.85. The van der Waals surface area contributed by atoms with Crippen LogP contribution in [0.4, 0.5) is 0 Å². The Morgan fingerprint density at radius 1 is 1.69 bits per heavy atom.